The van der Waals surface area contributed by atoms with Gasteiger partial charge in [0.1, 0.15) is 24.7 Å². The molecular formula is C25H18FIN2O4S. The average Bonchev–Trinajstić information content (AvgIpc) is 3.08. The van der Waals surface area contributed by atoms with Crippen molar-refractivity contribution in [2.75, 3.05) is 11.9 Å². The molecule has 1 aliphatic rings. The summed E-state index contributed by atoms with van der Waals surface area (Å²) in [5, 5.41) is 2.15. The number of para-hydroxylation sites is 1. The quantitative estimate of drug-likeness (QED) is 0.284. The van der Waals surface area contributed by atoms with E-state index < -0.39 is 17.1 Å². The van der Waals surface area contributed by atoms with Crippen LogP contribution in [-0.2, 0) is 16.2 Å². The molecule has 0 aliphatic carbocycles. The summed E-state index contributed by atoms with van der Waals surface area (Å²) in [7, 11) is 0. The Morgan fingerprint density at radius 1 is 1.03 bits per heavy atom. The minimum Gasteiger partial charge on any atom is -0.488 e. The summed E-state index contributed by atoms with van der Waals surface area (Å²) >= 11 is 2.91. The van der Waals surface area contributed by atoms with Crippen LogP contribution < -0.4 is 10.1 Å². The first kappa shape index (κ1) is 24.0. The molecule has 0 bridgehead atoms. The molecule has 34 heavy (non-hydrogen) atoms. The van der Waals surface area contributed by atoms with Gasteiger partial charge >= 0.3 is 0 Å². The smallest absolute Gasteiger partial charge is 0.294 e. The lowest BCUT2D eigenvalue weighted by atomic mass is 10.1. The highest BCUT2D eigenvalue weighted by molar-refractivity contribution is 14.1. The molecule has 4 rings (SSSR count). The van der Waals surface area contributed by atoms with Crippen molar-refractivity contribution in [1.82, 2.24) is 4.90 Å². The summed E-state index contributed by atoms with van der Waals surface area (Å²) in [5.41, 5.74) is 1.54. The van der Waals surface area contributed by atoms with Crippen LogP contribution in [0.4, 0.5) is 14.9 Å². The molecule has 1 N–H and O–H groups in total. The average molecular weight is 588 g/mol. The maximum atomic E-state index is 13.9. The number of carbonyl (C=O) groups is 3. The highest BCUT2D eigenvalue weighted by Crippen LogP contribution is 2.34. The van der Waals surface area contributed by atoms with E-state index in [0.717, 1.165) is 20.2 Å². The lowest BCUT2D eigenvalue weighted by molar-refractivity contribution is -0.127. The first-order valence-electron chi connectivity index (χ1n) is 10.2. The molecular weight excluding hydrogens is 570 g/mol. The van der Waals surface area contributed by atoms with Gasteiger partial charge in [-0.3, -0.25) is 19.3 Å². The Bertz CT molecular complexity index is 1280. The molecule has 3 aromatic rings. The van der Waals surface area contributed by atoms with Crippen molar-refractivity contribution in [3.05, 3.63) is 98.2 Å². The van der Waals surface area contributed by atoms with Gasteiger partial charge in [-0.1, -0.05) is 36.4 Å². The van der Waals surface area contributed by atoms with Crippen LogP contribution in [-0.4, -0.2) is 28.5 Å². The van der Waals surface area contributed by atoms with Gasteiger partial charge in [0, 0.05) is 20.4 Å². The van der Waals surface area contributed by atoms with Crippen LogP contribution in [0.3, 0.4) is 0 Å². The Morgan fingerprint density at radius 2 is 1.74 bits per heavy atom. The molecule has 0 aromatic heterocycles. The highest BCUT2D eigenvalue weighted by Gasteiger charge is 2.36. The number of imide groups is 1. The van der Waals surface area contributed by atoms with Gasteiger partial charge in [0.2, 0.25) is 5.91 Å². The number of carbonyl (C=O) groups excluding carboxylic acids is 3. The van der Waals surface area contributed by atoms with Crippen molar-refractivity contribution in [2.45, 2.75) is 6.61 Å². The number of thioether (sulfide) groups is 1. The van der Waals surface area contributed by atoms with Crippen molar-refractivity contribution in [1.29, 1.82) is 0 Å². The lowest BCUT2D eigenvalue weighted by Gasteiger charge is -2.12. The fraction of sp³-hybridized carbons (Fsp3) is 0.0800. The lowest BCUT2D eigenvalue weighted by Crippen LogP contribution is -2.36. The molecule has 6 nitrogen and oxygen atoms in total. The number of benzene rings is 3. The van der Waals surface area contributed by atoms with Crippen LogP contribution in [0.1, 0.15) is 11.1 Å². The summed E-state index contributed by atoms with van der Waals surface area (Å²) in [5.74, 6) is -0.964. The number of nitrogens with zero attached hydrogens (tertiary/aromatic N) is 1. The Hall–Kier alpha value is -3.18. The van der Waals surface area contributed by atoms with Gasteiger partial charge in [-0.25, -0.2) is 4.39 Å². The van der Waals surface area contributed by atoms with Crippen LogP contribution in [0.2, 0.25) is 0 Å². The Balaban J connectivity index is 1.45. The molecule has 1 aliphatic heterocycles. The number of anilines is 1. The van der Waals surface area contributed by atoms with E-state index in [0.29, 0.717) is 22.6 Å². The minimum absolute atomic E-state index is 0.0116. The second-order valence-corrected chi connectivity index (χ2v) is 9.48. The monoisotopic (exact) mass is 588 g/mol. The molecule has 1 heterocycles. The molecule has 1 fully saturated rings. The molecule has 3 aromatic carbocycles. The van der Waals surface area contributed by atoms with Crippen molar-refractivity contribution < 1.29 is 23.5 Å². The van der Waals surface area contributed by atoms with Gasteiger partial charge in [0.25, 0.3) is 11.1 Å². The van der Waals surface area contributed by atoms with Gasteiger partial charge in [-0.2, -0.15) is 0 Å². The van der Waals surface area contributed by atoms with E-state index in [1.165, 1.54) is 6.07 Å². The summed E-state index contributed by atoms with van der Waals surface area (Å²) < 4.78 is 20.7. The largest absolute Gasteiger partial charge is 0.488 e. The van der Waals surface area contributed by atoms with E-state index in [1.807, 2.05) is 12.1 Å². The first-order valence-corrected chi connectivity index (χ1v) is 12.1. The molecule has 1 saturated heterocycles. The molecule has 172 valence electrons. The number of nitrogens with one attached hydrogen (secondary N) is 1. The van der Waals surface area contributed by atoms with E-state index in [4.69, 9.17) is 4.74 Å². The summed E-state index contributed by atoms with van der Waals surface area (Å²) in [6.45, 7) is -0.378. The van der Waals surface area contributed by atoms with Crippen LogP contribution >= 0.6 is 34.4 Å². The number of hydrogen-bond donors (Lipinski definition) is 1. The van der Waals surface area contributed by atoms with Crippen LogP contribution in [0.25, 0.3) is 6.08 Å². The van der Waals surface area contributed by atoms with Crippen molar-refractivity contribution in [3.63, 3.8) is 0 Å². The van der Waals surface area contributed by atoms with Crippen LogP contribution in [0.15, 0.2) is 77.7 Å². The molecule has 0 atom stereocenters. The zero-order chi connectivity index (χ0) is 24.1. The fourth-order valence-electron chi connectivity index (χ4n) is 3.16. The van der Waals surface area contributed by atoms with E-state index in [1.54, 1.807) is 60.7 Å². The van der Waals surface area contributed by atoms with Crippen LogP contribution in [0, 0.1) is 9.39 Å². The van der Waals surface area contributed by atoms with Crippen molar-refractivity contribution in [2.24, 2.45) is 0 Å². The second-order valence-electron chi connectivity index (χ2n) is 7.24. The maximum absolute atomic E-state index is 13.9. The fourth-order valence-corrected chi connectivity index (χ4v) is 4.35. The third kappa shape index (κ3) is 5.84. The molecule has 0 saturated carbocycles. The minimum atomic E-state index is -0.559. The highest BCUT2D eigenvalue weighted by atomic mass is 127. The maximum Gasteiger partial charge on any atom is 0.294 e. The molecule has 0 unspecified atom stereocenters. The van der Waals surface area contributed by atoms with Crippen LogP contribution in [0.5, 0.6) is 5.75 Å². The first-order chi connectivity index (χ1) is 16.4. The molecule has 3 amide bonds. The Labute approximate surface area is 213 Å². The Kier molecular flexibility index (Phi) is 7.63. The topological polar surface area (TPSA) is 75.7 Å². The van der Waals surface area contributed by atoms with Gasteiger partial charge < -0.3 is 10.1 Å². The Morgan fingerprint density at radius 3 is 2.50 bits per heavy atom. The van der Waals surface area contributed by atoms with Gasteiger partial charge in [0.15, 0.2) is 0 Å². The van der Waals surface area contributed by atoms with Crippen molar-refractivity contribution in [3.8, 4) is 5.75 Å². The number of rotatable bonds is 7. The predicted octanol–water partition coefficient (Wildman–Crippen LogP) is 5.68. The van der Waals surface area contributed by atoms with E-state index in [2.05, 4.69) is 27.9 Å². The standard InChI is InChI=1S/C25H18FIN2O4S/c26-20-7-3-1-6-17(20)15-33-21-8-4-2-5-16(21)13-22-24(31)29(25(32)34-22)14-23(30)28-19-11-9-18(27)10-12-19/h1-13H,14-15H2,(H,28,30)/b22-13+. The summed E-state index contributed by atoms with van der Waals surface area (Å²) in [6.07, 6.45) is 1.54. The third-order valence-electron chi connectivity index (χ3n) is 4.85. The van der Waals surface area contributed by atoms with Gasteiger partial charge in [-0.05, 0) is 76.8 Å². The number of amides is 3. The molecule has 9 heteroatoms. The predicted molar refractivity (Wildman–Crippen MR) is 138 cm³/mol. The van der Waals surface area contributed by atoms with E-state index in [9.17, 15) is 18.8 Å². The summed E-state index contributed by atoms with van der Waals surface area (Å²) in [6, 6.07) is 20.4. The van der Waals surface area contributed by atoms with Gasteiger partial charge in [0.05, 0.1) is 4.91 Å². The molecule has 0 radical (unpaired) electrons. The zero-order valence-electron chi connectivity index (χ0n) is 17.7. The van der Waals surface area contributed by atoms with E-state index in [-0.39, 0.29) is 23.9 Å². The third-order valence-corrected chi connectivity index (χ3v) is 6.48. The van der Waals surface area contributed by atoms with Gasteiger partial charge in [-0.15, -0.1) is 0 Å². The second kappa shape index (κ2) is 10.8. The number of halogens is 2. The summed E-state index contributed by atoms with van der Waals surface area (Å²) in [4.78, 5) is 38.7. The normalized spacial score (nSPS) is 14.5. The van der Waals surface area contributed by atoms with E-state index >= 15 is 0 Å². The van der Waals surface area contributed by atoms with Crippen molar-refractivity contribution >= 4 is 63.2 Å². The number of hydrogen-bond acceptors (Lipinski definition) is 5. The SMILES string of the molecule is O=C(CN1C(=O)S/C(=C/c2ccccc2OCc2ccccc2F)C1=O)Nc1ccc(I)cc1. The molecule has 0 spiro atoms. The zero-order valence-corrected chi connectivity index (χ0v) is 20.6. The number of ether oxygens (including phenoxy) is 1.